The number of piperidine rings is 2. The Balaban J connectivity index is 2.03. The van der Waals surface area contributed by atoms with Crippen molar-refractivity contribution in [2.24, 2.45) is 22.3 Å². The molecule has 0 aliphatic carbocycles. The molecule has 4 saturated heterocycles. The van der Waals surface area contributed by atoms with Crippen LogP contribution in [0.25, 0.3) is 0 Å². The molecular weight excluding hydrogens is 176 g/mol. The lowest BCUT2D eigenvalue weighted by Gasteiger charge is -2.48. The molecule has 4 heteroatoms. The summed E-state index contributed by atoms with van der Waals surface area (Å²) in [6, 6.07) is 0. The predicted molar refractivity (Wildman–Crippen MR) is 56.1 cm³/mol. The Kier molecular flexibility index (Phi) is 1.67. The zero-order valence-corrected chi connectivity index (χ0v) is 8.74. The van der Waals surface area contributed by atoms with Crippen molar-refractivity contribution in [1.29, 1.82) is 0 Å². The largest absolute Gasteiger partial charge is 0.323 e. The lowest BCUT2D eigenvalue weighted by Crippen LogP contribution is -2.60. The minimum atomic E-state index is 0.229. The molecule has 2 atom stereocenters. The Morgan fingerprint density at radius 1 is 1.29 bits per heavy atom. The van der Waals surface area contributed by atoms with Gasteiger partial charge in [0, 0.05) is 50.6 Å². The predicted octanol–water partition coefficient (Wildman–Crippen LogP) is -0.432. The molecule has 4 bridgehead atoms. The van der Waals surface area contributed by atoms with Crippen molar-refractivity contribution in [2.75, 3.05) is 39.3 Å². The van der Waals surface area contributed by atoms with Crippen LogP contribution in [0.2, 0.25) is 0 Å². The molecule has 2 N–H and O–H groups in total. The summed E-state index contributed by atoms with van der Waals surface area (Å²) in [5.41, 5.74) is 1.50. The fraction of sp³-hybridized carbons (Fsp3) is 0.900. The van der Waals surface area contributed by atoms with Gasteiger partial charge in [-0.15, -0.1) is 0 Å². The summed E-state index contributed by atoms with van der Waals surface area (Å²) in [7, 11) is 0. The third-order valence-corrected chi connectivity index (χ3v) is 3.98. The zero-order chi connectivity index (χ0) is 9.76. The van der Waals surface area contributed by atoms with Gasteiger partial charge in [-0.2, -0.15) is 5.10 Å². The van der Waals surface area contributed by atoms with Gasteiger partial charge in [-0.3, -0.25) is 0 Å². The first kappa shape index (κ1) is 8.68. The monoisotopic (exact) mass is 194 g/mol. The molecule has 0 aromatic heterocycles. The van der Waals surface area contributed by atoms with Crippen molar-refractivity contribution in [3.05, 3.63) is 0 Å². The molecule has 4 fully saturated rings. The van der Waals surface area contributed by atoms with Gasteiger partial charge in [0.1, 0.15) is 0 Å². The molecule has 0 aromatic rings. The normalized spacial score (nSPS) is 53.8. The maximum absolute atomic E-state index is 5.54. The van der Waals surface area contributed by atoms with E-state index in [-0.39, 0.29) is 5.41 Å². The Morgan fingerprint density at radius 3 is 2.29 bits per heavy atom. The van der Waals surface area contributed by atoms with E-state index < -0.39 is 0 Å². The van der Waals surface area contributed by atoms with E-state index in [2.05, 4.69) is 21.8 Å². The highest BCUT2D eigenvalue weighted by molar-refractivity contribution is 5.94. The van der Waals surface area contributed by atoms with Crippen LogP contribution in [0.3, 0.4) is 0 Å². The first-order chi connectivity index (χ1) is 6.71. The van der Waals surface area contributed by atoms with Crippen molar-refractivity contribution in [1.82, 2.24) is 9.80 Å². The molecule has 0 aromatic carbocycles. The van der Waals surface area contributed by atoms with E-state index in [0.717, 1.165) is 13.1 Å². The Labute approximate surface area is 84.7 Å². The van der Waals surface area contributed by atoms with Crippen LogP contribution in [-0.2, 0) is 0 Å². The Morgan fingerprint density at radius 2 is 1.86 bits per heavy atom. The van der Waals surface area contributed by atoms with Crippen molar-refractivity contribution in [2.45, 2.75) is 6.92 Å². The molecule has 0 saturated carbocycles. The summed E-state index contributed by atoms with van der Waals surface area (Å²) in [4.78, 5) is 5.15. The van der Waals surface area contributed by atoms with Crippen LogP contribution in [0, 0.1) is 11.3 Å². The van der Waals surface area contributed by atoms with Crippen LogP contribution in [0.15, 0.2) is 5.10 Å². The summed E-state index contributed by atoms with van der Waals surface area (Å²) in [5, 5.41) is 4.06. The van der Waals surface area contributed by atoms with Crippen LogP contribution < -0.4 is 5.84 Å². The molecule has 4 heterocycles. The highest BCUT2D eigenvalue weighted by Crippen LogP contribution is 2.37. The number of fused-ring (bicyclic) bond motifs is 1. The number of hydrogen-bond donors (Lipinski definition) is 1. The summed E-state index contributed by atoms with van der Waals surface area (Å²) >= 11 is 0. The van der Waals surface area contributed by atoms with Gasteiger partial charge in [0.25, 0.3) is 0 Å². The molecule has 2 unspecified atom stereocenters. The van der Waals surface area contributed by atoms with Gasteiger partial charge in [0.2, 0.25) is 0 Å². The van der Waals surface area contributed by atoms with E-state index in [0.29, 0.717) is 5.92 Å². The Bertz CT molecular complexity index is 270. The second-order valence-corrected chi connectivity index (χ2v) is 5.24. The Hall–Kier alpha value is -0.610. The van der Waals surface area contributed by atoms with E-state index in [4.69, 9.17) is 5.84 Å². The van der Waals surface area contributed by atoms with E-state index in [1.165, 1.54) is 31.9 Å². The summed E-state index contributed by atoms with van der Waals surface area (Å²) < 4.78 is 0. The number of rotatable bonds is 0. The van der Waals surface area contributed by atoms with Crippen molar-refractivity contribution in [3.8, 4) is 0 Å². The molecule has 78 valence electrons. The summed E-state index contributed by atoms with van der Waals surface area (Å²) in [6.45, 7) is 9.40. The average Bonchev–Trinajstić information content (AvgIpc) is 2.32. The number of hydrogen-bond acceptors (Lipinski definition) is 4. The molecule has 4 aliphatic heterocycles. The quantitative estimate of drug-likeness (QED) is 0.420. The van der Waals surface area contributed by atoms with Crippen LogP contribution in [-0.4, -0.2) is 54.8 Å². The number of hydrazone groups is 1. The highest BCUT2D eigenvalue weighted by atomic mass is 15.3. The molecular formula is C10H18N4. The first-order valence-electron chi connectivity index (χ1n) is 5.44. The minimum Gasteiger partial charge on any atom is -0.323 e. The van der Waals surface area contributed by atoms with Gasteiger partial charge in [0.05, 0.1) is 5.71 Å². The molecule has 4 nitrogen and oxygen atoms in total. The van der Waals surface area contributed by atoms with Gasteiger partial charge < -0.3 is 15.6 Å². The standard InChI is InChI=1S/C10H18N4/c1-10-6-13-2-3-14(7-10)5-8(4-13)9(10)12-11/h8H,2-7,11H2,1H3. The number of nitrogens with two attached hydrogens (primary N) is 1. The van der Waals surface area contributed by atoms with Crippen LogP contribution in [0.1, 0.15) is 6.92 Å². The highest BCUT2D eigenvalue weighted by Gasteiger charge is 2.49. The molecule has 0 amide bonds. The summed E-state index contributed by atoms with van der Waals surface area (Å²) in [5.74, 6) is 6.13. The van der Waals surface area contributed by atoms with E-state index in [1.54, 1.807) is 0 Å². The fourth-order valence-corrected chi connectivity index (χ4v) is 3.56. The van der Waals surface area contributed by atoms with Crippen LogP contribution in [0.5, 0.6) is 0 Å². The SMILES string of the molecule is CC12CN3CCN(CC(C3)C1=NN)C2. The maximum atomic E-state index is 5.54. The second kappa shape index (κ2) is 2.70. The van der Waals surface area contributed by atoms with Crippen molar-refractivity contribution >= 4 is 5.71 Å². The van der Waals surface area contributed by atoms with E-state index >= 15 is 0 Å². The van der Waals surface area contributed by atoms with Gasteiger partial charge in [-0.1, -0.05) is 6.92 Å². The summed E-state index contributed by atoms with van der Waals surface area (Å²) in [6.07, 6.45) is 0. The van der Waals surface area contributed by atoms with E-state index in [9.17, 15) is 0 Å². The first-order valence-corrected chi connectivity index (χ1v) is 5.44. The smallest absolute Gasteiger partial charge is 0.0516 e. The lowest BCUT2D eigenvalue weighted by atomic mass is 9.72. The fourth-order valence-electron chi connectivity index (χ4n) is 3.56. The third-order valence-electron chi connectivity index (χ3n) is 3.98. The molecule has 4 aliphatic rings. The van der Waals surface area contributed by atoms with Crippen LogP contribution in [0.4, 0.5) is 0 Å². The van der Waals surface area contributed by atoms with E-state index in [1.807, 2.05) is 0 Å². The zero-order valence-electron chi connectivity index (χ0n) is 8.74. The van der Waals surface area contributed by atoms with Crippen molar-refractivity contribution < 1.29 is 0 Å². The average molecular weight is 194 g/mol. The lowest BCUT2D eigenvalue weighted by molar-refractivity contribution is 0.130. The molecule has 0 radical (unpaired) electrons. The van der Waals surface area contributed by atoms with Gasteiger partial charge in [-0.25, -0.2) is 0 Å². The van der Waals surface area contributed by atoms with Crippen LogP contribution >= 0.6 is 0 Å². The second-order valence-electron chi connectivity index (χ2n) is 5.24. The molecule has 0 spiro atoms. The molecule has 14 heavy (non-hydrogen) atoms. The van der Waals surface area contributed by atoms with Gasteiger partial charge in [-0.05, 0) is 0 Å². The van der Waals surface area contributed by atoms with Gasteiger partial charge >= 0.3 is 0 Å². The topological polar surface area (TPSA) is 44.9 Å². The number of nitrogens with zero attached hydrogens (tertiary/aromatic N) is 3. The van der Waals surface area contributed by atoms with Crippen molar-refractivity contribution in [3.63, 3.8) is 0 Å². The third kappa shape index (κ3) is 1.04. The maximum Gasteiger partial charge on any atom is 0.0516 e. The minimum absolute atomic E-state index is 0.229. The molecule has 4 rings (SSSR count). The van der Waals surface area contributed by atoms with Gasteiger partial charge in [0.15, 0.2) is 0 Å².